The van der Waals surface area contributed by atoms with Crippen LogP contribution in [-0.2, 0) is 14.1 Å². The van der Waals surface area contributed by atoms with Crippen molar-refractivity contribution in [1.82, 2.24) is 14.3 Å². The molecule has 0 aliphatic heterocycles. The lowest BCUT2D eigenvalue weighted by Crippen LogP contribution is -2.40. The number of hydrogen-bond donors (Lipinski definition) is 2. The first-order valence-electron chi connectivity index (χ1n) is 6.53. The van der Waals surface area contributed by atoms with Crippen molar-refractivity contribution in [2.45, 2.75) is 19.3 Å². The quantitative estimate of drug-likeness (QED) is 0.753. The molecule has 0 radical (unpaired) electrons. The SMILES string of the molecule is Cn1nc(NCC2CCCC2CO)c(=O)n(C)c1=O. The topological polar surface area (TPSA) is 89.2 Å². The summed E-state index contributed by atoms with van der Waals surface area (Å²) in [6, 6.07) is 0. The highest BCUT2D eigenvalue weighted by atomic mass is 16.3. The van der Waals surface area contributed by atoms with Gasteiger partial charge in [-0.25, -0.2) is 9.48 Å². The second-order valence-corrected chi connectivity index (χ2v) is 5.13. The first-order chi connectivity index (χ1) is 9.04. The predicted octanol–water partition coefficient (Wildman–Crippen LogP) is -0.700. The second kappa shape index (κ2) is 5.56. The summed E-state index contributed by atoms with van der Waals surface area (Å²) in [5.74, 6) is 0.839. The summed E-state index contributed by atoms with van der Waals surface area (Å²) < 4.78 is 2.18. The number of aromatic nitrogens is 3. The molecule has 7 heteroatoms. The molecule has 1 heterocycles. The summed E-state index contributed by atoms with van der Waals surface area (Å²) in [5.41, 5.74) is -0.855. The number of nitrogens with zero attached hydrogens (tertiary/aromatic N) is 3. The number of aryl methyl sites for hydroxylation is 1. The normalized spacial score (nSPS) is 22.7. The zero-order valence-corrected chi connectivity index (χ0v) is 11.3. The van der Waals surface area contributed by atoms with E-state index in [-0.39, 0.29) is 12.4 Å². The van der Waals surface area contributed by atoms with E-state index in [1.165, 1.54) is 14.1 Å². The van der Waals surface area contributed by atoms with E-state index in [0.717, 1.165) is 28.5 Å². The third-order valence-electron chi connectivity index (χ3n) is 3.90. The van der Waals surface area contributed by atoms with Gasteiger partial charge in [-0.1, -0.05) is 6.42 Å². The molecular formula is C12H20N4O3. The van der Waals surface area contributed by atoms with Crippen molar-refractivity contribution in [3.05, 3.63) is 20.8 Å². The molecular weight excluding hydrogens is 248 g/mol. The van der Waals surface area contributed by atoms with Crippen molar-refractivity contribution in [3.8, 4) is 0 Å². The Hall–Kier alpha value is -1.63. The van der Waals surface area contributed by atoms with E-state index in [1.54, 1.807) is 0 Å². The zero-order chi connectivity index (χ0) is 14.0. The molecule has 1 aromatic rings. The van der Waals surface area contributed by atoms with E-state index in [2.05, 4.69) is 10.4 Å². The fourth-order valence-electron chi connectivity index (χ4n) is 2.66. The molecule has 0 amide bonds. The van der Waals surface area contributed by atoms with Crippen LogP contribution < -0.4 is 16.6 Å². The standard InChI is InChI=1S/C12H20N4O3/c1-15-11(18)10(14-16(2)12(15)19)13-6-8-4-3-5-9(8)7-17/h8-9,17H,3-7H2,1-2H3,(H,13,14). The Morgan fingerprint density at radius 2 is 2.00 bits per heavy atom. The van der Waals surface area contributed by atoms with Crippen molar-refractivity contribution >= 4 is 5.82 Å². The van der Waals surface area contributed by atoms with Crippen LogP contribution >= 0.6 is 0 Å². The number of nitrogens with one attached hydrogen (secondary N) is 1. The number of rotatable bonds is 4. The van der Waals surface area contributed by atoms with Gasteiger partial charge in [0.15, 0.2) is 0 Å². The van der Waals surface area contributed by atoms with Gasteiger partial charge in [-0.2, -0.15) is 0 Å². The maximum atomic E-state index is 11.9. The lowest BCUT2D eigenvalue weighted by Gasteiger charge is -2.18. The van der Waals surface area contributed by atoms with E-state index < -0.39 is 11.2 Å². The minimum absolute atomic E-state index is 0.186. The Bertz CT molecular complexity index is 563. The van der Waals surface area contributed by atoms with Gasteiger partial charge in [-0.05, 0) is 24.7 Å². The molecule has 7 nitrogen and oxygen atoms in total. The van der Waals surface area contributed by atoms with Crippen molar-refractivity contribution < 1.29 is 5.11 Å². The Labute approximate surface area is 110 Å². The molecule has 1 aromatic heterocycles. The van der Waals surface area contributed by atoms with Crippen molar-refractivity contribution in [2.24, 2.45) is 25.9 Å². The van der Waals surface area contributed by atoms with Crippen molar-refractivity contribution in [2.75, 3.05) is 18.5 Å². The summed E-state index contributed by atoms with van der Waals surface area (Å²) >= 11 is 0. The predicted molar refractivity (Wildman–Crippen MR) is 71.1 cm³/mol. The zero-order valence-electron chi connectivity index (χ0n) is 11.3. The minimum atomic E-state index is -0.440. The van der Waals surface area contributed by atoms with Gasteiger partial charge in [0.2, 0.25) is 5.82 Å². The van der Waals surface area contributed by atoms with E-state index in [1.807, 2.05) is 0 Å². The van der Waals surface area contributed by atoms with E-state index in [9.17, 15) is 14.7 Å². The van der Waals surface area contributed by atoms with Crippen LogP contribution in [0.3, 0.4) is 0 Å². The summed E-state index contributed by atoms with van der Waals surface area (Å²) in [7, 11) is 2.95. The molecule has 0 aromatic carbocycles. The van der Waals surface area contributed by atoms with Crippen LogP contribution in [0.4, 0.5) is 5.82 Å². The third kappa shape index (κ3) is 2.70. The molecule has 0 bridgehead atoms. The van der Waals surface area contributed by atoms with Gasteiger partial charge in [0.25, 0.3) is 5.56 Å². The molecule has 19 heavy (non-hydrogen) atoms. The molecule has 2 atom stereocenters. The molecule has 1 fully saturated rings. The Morgan fingerprint density at radius 1 is 1.32 bits per heavy atom. The van der Waals surface area contributed by atoms with Crippen LogP contribution in [0, 0.1) is 11.8 Å². The third-order valence-corrected chi connectivity index (χ3v) is 3.90. The Balaban J connectivity index is 2.12. The molecule has 2 rings (SSSR count). The number of hydrogen-bond acceptors (Lipinski definition) is 5. The summed E-state index contributed by atoms with van der Waals surface area (Å²) in [5, 5.41) is 16.2. The highest BCUT2D eigenvalue weighted by molar-refractivity contribution is 5.29. The fraction of sp³-hybridized carbons (Fsp3) is 0.750. The monoisotopic (exact) mass is 268 g/mol. The molecule has 2 N–H and O–H groups in total. The van der Waals surface area contributed by atoms with Gasteiger partial charge >= 0.3 is 5.69 Å². The number of anilines is 1. The summed E-state index contributed by atoms with van der Waals surface area (Å²) in [4.78, 5) is 23.4. The van der Waals surface area contributed by atoms with Crippen LogP contribution in [0.1, 0.15) is 19.3 Å². The van der Waals surface area contributed by atoms with Crippen molar-refractivity contribution in [1.29, 1.82) is 0 Å². The highest BCUT2D eigenvalue weighted by Crippen LogP contribution is 2.31. The van der Waals surface area contributed by atoms with Crippen LogP contribution in [0.5, 0.6) is 0 Å². The molecule has 0 saturated heterocycles. The molecule has 2 unspecified atom stereocenters. The average Bonchev–Trinajstić information content (AvgIpc) is 2.86. The van der Waals surface area contributed by atoms with E-state index in [4.69, 9.17) is 0 Å². The van der Waals surface area contributed by atoms with Crippen LogP contribution in [0.15, 0.2) is 9.59 Å². The average molecular weight is 268 g/mol. The lowest BCUT2D eigenvalue weighted by atomic mass is 9.97. The van der Waals surface area contributed by atoms with E-state index in [0.29, 0.717) is 18.4 Å². The van der Waals surface area contributed by atoms with Gasteiger partial charge in [0.05, 0.1) is 0 Å². The maximum absolute atomic E-state index is 11.9. The van der Waals surface area contributed by atoms with E-state index >= 15 is 0 Å². The molecule has 1 aliphatic carbocycles. The van der Waals surface area contributed by atoms with Crippen LogP contribution in [-0.4, -0.2) is 32.6 Å². The minimum Gasteiger partial charge on any atom is -0.396 e. The number of aliphatic hydroxyl groups is 1. The van der Waals surface area contributed by atoms with Gasteiger partial charge in [0, 0.05) is 27.2 Å². The molecule has 106 valence electrons. The largest absolute Gasteiger partial charge is 0.396 e. The second-order valence-electron chi connectivity index (χ2n) is 5.13. The fourth-order valence-corrected chi connectivity index (χ4v) is 2.66. The Kier molecular flexibility index (Phi) is 4.04. The molecule has 1 saturated carbocycles. The van der Waals surface area contributed by atoms with Crippen LogP contribution in [0.25, 0.3) is 0 Å². The first kappa shape index (κ1) is 13.8. The summed E-state index contributed by atoms with van der Waals surface area (Å²) in [6.07, 6.45) is 3.18. The molecule has 1 aliphatic rings. The Morgan fingerprint density at radius 3 is 2.68 bits per heavy atom. The maximum Gasteiger partial charge on any atom is 0.346 e. The van der Waals surface area contributed by atoms with Crippen LogP contribution in [0.2, 0.25) is 0 Å². The van der Waals surface area contributed by atoms with Gasteiger partial charge < -0.3 is 10.4 Å². The lowest BCUT2D eigenvalue weighted by molar-refractivity contribution is 0.199. The van der Waals surface area contributed by atoms with Gasteiger partial charge in [0.1, 0.15) is 0 Å². The number of aliphatic hydroxyl groups excluding tert-OH is 1. The summed E-state index contributed by atoms with van der Waals surface area (Å²) in [6.45, 7) is 0.788. The van der Waals surface area contributed by atoms with Gasteiger partial charge in [-0.3, -0.25) is 9.36 Å². The first-order valence-corrected chi connectivity index (χ1v) is 6.53. The highest BCUT2D eigenvalue weighted by Gasteiger charge is 2.26. The molecule has 0 spiro atoms. The van der Waals surface area contributed by atoms with Gasteiger partial charge in [-0.15, -0.1) is 5.10 Å². The smallest absolute Gasteiger partial charge is 0.346 e. The van der Waals surface area contributed by atoms with Crippen molar-refractivity contribution in [3.63, 3.8) is 0 Å².